The molecule has 0 aliphatic heterocycles. The molecule has 0 aliphatic rings. The number of imidazole rings is 1. The summed E-state index contributed by atoms with van der Waals surface area (Å²) in [5.74, 6) is 0.470. The fraction of sp³-hybridized carbons (Fsp3) is 0.474. The molecule has 0 saturated heterocycles. The van der Waals surface area contributed by atoms with Gasteiger partial charge in [-0.2, -0.15) is 0 Å². The van der Waals surface area contributed by atoms with E-state index in [9.17, 15) is 9.90 Å². The molecular weight excluding hydrogens is 302 g/mol. The second-order valence-corrected chi connectivity index (χ2v) is 6.42. The lowest BCUT2D eigenvalue weighted by Crippen LogP contribution is -2.30. The minimum atomic E-state index is -0.163. The van der Waals surface area contributed by atoms with E-state index in [1.165, 1.54) is 22.3 Å². The zero-order valence-corrected chi connectivity index (χ0v) is 15.2. The average molecular weight is 329 g/mol. The van der Waals surface area contributed by atoms with E-state index >= 15 is 0 Å². The maximum absolute atomic E-state index is 12.2. The van der Waals surface area contributed by atoms with Crippen LogP contribution in [0.2, 0.25) is 0 Å². The van der Waals surface area contributed by atoms with Gasteiger partial charge < -0.3 is 15.0 Å². The number of rotatable bonds is 6. The van der Waals surface area contributed by atoms with Crippen molar-refractivity contribution >= 4 is 5.91 Å². The topological polar surface area (TPSA) is 67.2 Å². The van der Waals surface area contributed by atoms with E-state index in [0.29, 0.717) is 12.4 Å². The standard InChI is InChI=1S/C19H27N3O2/c1-12-8-13(2)17(14(3)9-12)6-7-20-19(24)10-22-16(5)15(4)21-18(22)11-23/h8-9,23H,6-7,10-11H2,1-5H3,(H,20,24). The molecule has 24 heavy (non-hydrogen) atoms. The number of carbonyl (C=O) groups is 1. The van der Waals surface area contributed by atoms with E-state index in [1.807, 2.05) is 13.8 Å². The van der Waals surface area contributed by atoms with Crippen LogP contribution in [0, 0.1) is 34.6 Å². The lowest BCUT2D eigenvalue weighted by atomic mass is 9.97. The third-order valence-electron chi connectivity index (χ3n) is 4.52. The van der Waals surface area contributed by atoms with E-state index in [4.69, 9.17) is 0 Å². The Kier molecular flexibility index (Phi) is 5.78. The van der Waals surface area contributed by atoms with Crippen molar-refractivity contribution in [1.29, 1.82) is 0 Å². The van der Waals surface area contributed by atoms with Crippen molar-refractivity contribution in [3.05, 3.63) is 51.6 Å². The van der Waals surface area contributed by atoms with Crippen molar-refractivity contribution in [3.63, 3.8) is 0 Å². The minimum absolute atomic E-state index is 0.0624. The van der Waals surface area contributed by atoms with Crippen LogP contribution in [0.15, 0.2) is 12.1 Å². The molecule has 5 nitrogen and oxygen atoms in total. The fourth-order valence-corrected chi connectivity index (χ4v) is 3.18. The SMILES string of the molecule is Cc1cc(C)c(CCNC(=O)Cn2c(CO)nc(C)c2C)c(C)c1. The van der Waals surface area contributed by atoms with Crippen LogP contribution in [0.3, 0.4) is 0 Å². The lowest BCUT2D eigenvalue weighted by molar-refractivity contribution is -0.121. The van der Waals surface area contributed by atoms with Crippen LogP contribution in [-0.2, 0) is 24.4 Å². The maximum Gasteiger partial charge on any atom is 0.240 e. The zero-order chi connectivity index (χ0) is 17.9. The molecule has 2 N–H and O–H groups in total. The van der Waals surface area contributed by atoms with Gasteiger partial charge in [0.1, 0.15) is 19.0 Å². The molecule has 2 rings (SSSR count). The molecule has 1 aromatic carbocycles. The Hall–Kier alpha value is -2.14. The molecule has 0 aliphatic carbocycles. The van der Waals surface area contributed by atoms with Gasteiger partial charge in [-0.15, -0.1) is 0 Å². The molecular formula is C19H27N3O2. The molecule has 0 bridgehead atoms. The van der Waals surface area contributed by atoms with Crippen molar-refractivity contribution in [2.75, 3.05) is 6.54 Å². The molecule has 0 radical (unpaired) electrons. The summed E-state index contributed by atoms with van der Waals surface area (Å²) in [5.41, 5.74) is 6.86. The number of aryl methyl sites for hydroxylation is 4. The van der Waals surface area contributed by atoms with Crippen LogP contribution in [-0.4, -0.2) is 27.1 Å². The van der Waals surface area contributed by atoms with Crippen LogP contribution >= 0.6 is 0 Å². The van der Waals surface area contributed by atoms with Crippen molar-refractivity contribution < 1.29 is 9.90 Å². The zero-order valence-electron chi connectivity index (χ0n) is 15.2. The van der Waals surface area contributed by atoms with Gasteiger partial charge in [0, 0.05) is 12.2 Å². The molecule has 0 unspecified atom stereocenters. The number of hydrogen-bond acceptors (Lipinski definition) is 3. The van der Waals surface area contributed by atoms with Crippen molar-refractivity contribution in [2.24, 2.45) is 0 Å². The summed E-state index contributed by atoms with van der Waals surface area (Å²) in [5, 5.41) is 12.3. The van der Waals surface area contributed by atoms with Crippen LogP contribution in [0.4, 0.5) is 0 Å². The highest BCUT2D eigenvalue weighted by Crippen LogP contribution is 2.16. The first kappa shape index (κ1) is 18.2. The van der Waals surface area contributed by atoms with Crippen LogP contribution < -0.4 is 5.32 Å². The van der Waals surface area contributed by atoms with Gasteiger partial charge in [-0.25, -0.2) is 4.98 Å². The third-order valence-corrected chi connectivity index (χ3v) is 4.52. The van der Waals surface area contributed by atoms with Gasteiger partial charge in [0.2, 0.25) is 5.91 Å². The summed E-state index contributed by atoms with van der Waals surface area (Å²) in [7, 11) is 0. The molecule has 0 saturated carbocycles. The van der Waals surface area contributed by atoms with Gasteiger partial charge in [0.25, 0.3) is 0 Å². The third kappa shape index (κ3) is 4.03. The molecule has 2 aromatic rings. The lowest BCUT2D eigenvalue weighted by Gasteiger charge is -2.13. The smallest absolute Gasteiger partial charge is 0.240 e. The Bertz CT molecular complexity index is 724. The Morgan fingerprint density at radius 2 is 1.79 bits per heavy atom. The maximum atomic E-state index is 12.2. The van der Waals surface area contributed by atoms with Crippen LogP contribution in [0.25, 0.3) is 0 Å². The Balaban J connectivity index is 1.95. The van der Waals surface area contributed by atoms with Gasteiger partial charge in [0.15, 0.2) is 0 Å². The predicted octanol–water partition coefficient (Wildman–Crippen LogP) is 2.28. The number of hydrogen-bond donors (Lipinski definition) is 2. The number of nitrogens with zero attached hydrogens (tertiary/aromatic N) is 2. The quantitative estimate of drug-likeness (QED) is 0.854. The monoisotopic (exact) mass is 329 g/mol. The summed E-state index contributed by atoms with van der Waals surface area (Å²) >= 11 is 0. The Morgan fingerprint density at radius 1 is 1.17 bits per heavy atom. The Morgan fingerprint density at radius 3 is 2.38 bits per heavy atom. The summed E-state index contributed by atoms with van der Waals surface area (Å²) in [6.45, 7) is 10.7. The first-order valence-corrected chi connectivity index (χ1v) is 8.30. The predicted molar refractivity (Wildman–Crippen MR) is 95.0 cm³/mol. The minimum Gasteiger partial charge on any atom is -0.388 e. The van der Waals surface area contributed by atoms with E-state index < -0.39 is 0 Å². The highest BCUT2D eigenvalue weighted by molar-refractivity contribution is 5.75. The molecule has 130 valence electrons. The first-order chi connectivity index (χ1) is 11.3. The molecule has 1 heterocycles. The first-order valence-electron chi connectivity index (χ1n) is 8.30. The van der Waals surface area contributed by atoms with Crippen molar-refractivity contribution in [2.45, 2.75) is 54.2 Å². The number of aliphatic hydroxyl groups is 1. The fourth-order valence-electron chi connectivity index (χ4n) is 3.18. The normalized spacial score (nSPS) is 10.9. The number of carbonyl (C=O) groups excluding carboxylic acids is 1. The van der Waals surface area contributed by atoms with Gasteiger partial charge in [-0.05, 0) is 57.7 Å². The van der Waals surface area contributed by atoms with Crippen molar-refractivity contribution in [1.82, 2.24) is 14.9 Å². The highest BCUT2D eigenvalue weighted by Gasteiger charge is 2.13. The summed E-state index contributed by atoms with van der Waals surface area (Å²) in [6.07, 6.45) is 0.818. The molecule has 1 aromatic heterocycles. The van der Waals surface area contributed by atoms with Crippen LogP contribution in [0.5, 0.6) is 0 Å². The highest BCUT2D eigenvalue weighted by atomic mass is 16.3. The second kappa shape index (κ2) is 7.62. The largest absolute Gasteiger partial charge is 0.388 e. The summed E-state index contributed by atoms with van der Waals surface area (Å²) in [6, 6.07) is 4.35. The van der Waals surface area contributed by atoms with Gasteiger partial charge in [-0.3, -0.25) is 4.79 Å². The second-order valence-electron chi connectivity index (χ2n) is 6.42. The van der Waals surface area contributed by atoms with Crippen molar-refractivity contribution in [3.8, 4) is 0 Å². The molecule has 0 spiro atoms. The number of aliphatic hydroxyl groups excluding tert-OH is 1. The summed E-state index contributed by atoms with van der Waals surface area (Å²) in [4.78, 5) is 16.5. The van der Waals surface area contributed by atoms with E-state index in [1.54, 1.807) is 4.57 Å². The van der Waals surface area contributed by atoms with E-state index in [2.05, 4.69) is 43.2 Å². The molecule has 0 fully saturated rings. The Labute approximate surface area is 143 Å². The van der Waals surface area contributed by atoms with Gasteiger partial charge in [0.05, 0.1) is 5.69 Å². The van der Waals surface area contributed by atoms with E-state index in [-0.39, 0.29) is 19.1 Å². The van der Waals surface area contributed by atoms with Gasteiger partial charge in [-0.1, -0.05) is 17.7 Å². The average Bonchev–Trinajstić information content (AvgIpc) is 2.77. The number of nitrogens with one attached hydrogen (secondary N) is 1. The van der Waals surface area contributed by atoms with E-state index in [0.717, 1.165) is 17.8 Å². The number of amides is 1. The number of benzene rings is 1. The summed E-state index contributed by atoms with van der Waals surface area (Å²) < 4.78 is 1.77. The molecule has 1 amide bonds. The molecule has 5 heteroatoms. The molecule has 0 atom stereocenters. The van der Waals surface area contributed by atoms with Gasteiger partial charge >= 0.3 is 0 Å². The number of aromatic nitrogens is 2. The van der Waals surface area contributed by atoms with Crippen LogP contribution in [0.1, 0.15) is 39.5 Å².